The Morgan fingerprint density at radius 2 is 2.29 bits per heavy atom. The van der Waals surface area contributed by atoms with Gasteiger partial charge in [0.1, 0.15) is 4.70 Å². The maximum Gasteiger partial charge on any atom is 0.328 e. The fraction of sp³-hybridized carbons (Fsp3) is 0.250. The van der Waals surface area contributed by atoms with Crippen molar-refractivity contribution in [1.29, 1.82) is 0 Å². The summed E-state index contributed by atoms with van der Waals surface area (Å²) in [5.74, 6) is 0. The van der Waals surface area contributed by atoms with Crippen molar-refractivity contribution in [3.8, 4) is 0 Å². The first-order valence-corrected chi connectivity index (χ1v) is 4.93. The fourth-order valence-corrected chi connectivity index (χ4v) is 2.07. The number of nitrogens with one attached hydrogen (secondary N) is 1. The van der Waals surface area contributed by atoms with Gasteiger partial charge in [-0.25, -0.2) is 4.79 Å². The highest BCUT2D eigenvalue weighted by molar-refractivity contribution is 7.17. The van der Waals surface area contributed by atoms with E-state index in [4.69, 9.17) is 5.11 Å². The number of rotatable bonds is 2. The normalized spacial score (nSPS) is 10.9. The van der Waals surface area contributed by atoms with Crippen LogP contribution >= 0.6 is 11.3 Å². The van der Waals surface area contributed by atoms with Gasteiger partial charge in [0, 0.05) is 0 Å². The third-order valence-corrected chi connectivity index (χ3v) is 2.82. The summed E-state index contributed by atoms with van der Waals surface area (Å²) in [5, 5.41) is 10.4. The Kier molecular flexibility index (Phi) is 2.22. The van der Waals surface area contributed by atoms with E-state index in [-0.39, 0.29) is 18.7 Å². The monoisotopic (exact) mass is 212 g/mol. The number of hydrogen-bond acceptors (Lipinski definition) is 4. The van der Waals surface area contributed by atoms with Gasteiger partial charge in [-0.05, 0) is 11.4 Å². The van der Waals surface area contributed by atoms with Crippen LogP contribution in [-0.2, 0) is 6.54 Å². The zero-order chi connectivity index (χ0) is 10.1. The first kappa shape index (κ1) is 9.17. The number of nitrogens with zero attached hydrogens (tertiary/aromatic N) is 1. The Balaban J connectivity index is 2.83. The highest BCUT2D eigenvalue weighted by atomic mass is 32.1. The van der Waals surface area contributed by atoms with Crippen molar-refractivity contribution in [1.82, 2.24) is 9.55 Å². The van der Waals surface area contributed by atoms with Crippen LogP contribution in [0.5, 0.6) is 0 Å². The van der Waals surface area contributed by atoms with Crippen molar-refractivity contribution in [3.63, 3.8) is 0 Å². The maximum absolute atomic E-state index is 11.6. The molecule has 0 aliphatic heterocycles. The van der Waals surface area contributed by atoms with Crippen LogP contribution in [0.25, 0.3) is 10.2 Å². The second kappa shape index (κ2) is 3.39. The molecule has 0 saturated heterocycles. The van der Waals surface area contributed by atoms with Crippen LogP contribution in [-0.4, -0.2) is 21.3 Å². The third kappa shape index (κ3) is 1.28. The summed E-state index contributed by atoms with van der Waals surface area (Å²) in [7, 11) is 0. The molecule has 0 saturated carbocycles. The SMILES string of the molecule is O=c1[nH]c2ccsc2c(=O)n1CCO. The molecule has 5 nitrogen and oxygen atoms in total. The van der Waals surface area contributed by atoms with Gasteiger partial charge in [0.25, 0.3) is 5.56 Å². The van der Waals surface area contributed by atoms with Gasteiger partial charge in [-0.2, -0.15) is 0 Å². The van der Waals surface area contributed by atoms with Gasteiger partial charge in [0.15, 0.2) is 0 Å². The topological polar surface area (TPSA) is 75.1 Å². The molecular formula is C8H8N2O3S. The molecule has 2 heterocycles. The highest BCUT2D eigenvalue weighted by Crippen LogP contribution is 2.11. The van der Waals surface area contributed by atoms with Crippen molar-refractivity contribution >= 4 is 21.6 Å². The summed E-state index contributed by atoms with van der Waals surface area (Å²) >= 11 is 1.28. The second-order valence-electron chi connectivity index (χ2n) is 2.77. The molecule has 2 rings (SSSR count). The minimum atomic E-state index is -0.477. The van der Waals surface area contributed by atoms with Crippen molar-refractivity contribution in [2.75, 3.05) is 6.61 Å². The van der Waals surface area contributed by atoms with Gasteiger partial charge < -0.3 is 10.1 Å². The van der Waals surface area contributed by atoms with E-state index in [1.807, 2.05) is 0 Å². The highest BCUT2D eigenvalue weighted by Gasteiger charge is 2.07. The molecule has 0 radical (unpaired) electrons. The molecular weight excluding hydrogens is 204 g/mol. The van der Waals surface area contributed by atoms with E-state index in [0.717, 1.165) is 4.57 Å². The summed E-state index contributed by atoms with van der Waals surface area (Å²) in [5.41, 5.74) is -0.262. The second-order valence-corrected chi connectivity index (χ2v) is 3.69. The van der Waals surface area contributed by atoms with Crippen molar-refractivity contribution in [3.05, 3.63) is 32.3 Å². The Morgan fingerprint density at radius 1 is 1.50 bits per heavy atom. The summed E-state index contributed by atoms with van der Waals surface area (Å²) in [6, 6.07) is 1.69. The van der Waals surface area contributed by atoms with Crippen LogP contribution < -0.4 is 11.2 Å². The van der Waals surface area contributed by atoms with Crippen molar-refractivity contribution in [2.24, 2.45) is 0 Å². The molecule has 2 N–H and O–H groups in total. The number of aromatic nitrogens is 2. The molecule has 0 aromatic carbocycles. The van der Waals surface area contributed by atoms with Crippen LogP contribution in [0.2, 0.25) is 0 Å². The summed E-state index contributed by atoms with van der Waals surface area (Å²) in [6.07, 6.45) is 0. The lowest BCUT2D eigenvalue weighted by Gasteiger charge is -2.00. The van der Waals surface area contributed by atoms with Gasteiger partial charge in [0.05, 0.1) is 18.7 Å². The first-order valence-electron chi connectivity index (χ1n) is 4.05. The molecule has 0 spiro atoms. The number of aromatic amines is 1. The third-order valence-electron chi connectivity index (χ3n) is 1.91. The molecule has 0 aliphatic carbocycles. The van der Waals surface area contributed by atoms with Gasteiger partial charge >= 0.3 is 5.69 Å². The van der Waals surface area contributed by atoms with Crippen LogP contribution in [0.15, 0.2) is 21.0 Å². The lowest BCUT2D eigenvalue weighted by molar-refractivity contribution is 0.272. The van der Waals surface area contributed by atoms with E-state index in [2.05, 4.69) is 4.98 Å². The fourth-order valence-electron chi connectivity index (χ4n) is 1.27. The van der Waals surface area contributed by atoms with E-state index in [1.165, 1.54) is 11.3 Å². The predicted molar refractivity (Wildman–Crippen MR) is 53.8 cm³/mol. The van der Waals surface area contributed by atoms with Crippen LogP contribution in [0.4, 0.5) is 0 Å². The molecule has 2 aromatic rings. The molecule has 0 unspecified atom stereocenters. The van der Waals surface area contributed by atoms with E-state index in [1.54, 1.807) is 11.4 Å². The van der Waals surface area contributed by atoms with Crippen LogP contribution in [0.1, 0.15) is 0 Å². The Hall–Kier alpha value is -1.40. The summed E-state index contributed by atoms with van der Waals surface area (Å²) < 4.78 is 1.51. The molecule has 0 aliphatic rings. The molecule has 0 atom stereocenters. The average molecular weight is 212 g/mol. The first-order chi connectivity index (χ1) is 6.74. The molecule has 74 valence electrons. The Morgan fingerprint density at radius 3 is 3.00 bits per heavy atom. The van der Waals surface area contributed by atoms with Crippen LogP contribution in [0, 0.1) is 0 Å². The number of fused-ring (bicyclic) bond motifs is 1. The van der Waals surface area contributed by atoms with Gasteiger partial charge in [-0.3, -0.25) is 9.36 Å². The van der Waals surface area contributed by atoms with E-state index in [9.17, 15) is 9.59 Å². The number of H-pyrrole nitrogens is 1. The van der Waals surface area contributed by atoms with Gasteiger partial charge in [-0.15, -0.1) is 11.3 Å². The lowest BCUT2D eigenvalue weighted by atomic mass is 10.4. The number of aliphatic hydroxyl groups is 1. The van der Waals surface area contributed by atoms with Crippen LogP contribution in [0.3, 0.4) is 0 Å². The molecule has 0 amide bonds. The van der Waals surface area contributed by atoms with E-state index < -0.39 is 5.69 Å². The molecule has 0 bridgehead atoms. The van der Waals surface area contributed by atoms with Crippen molar-refractivity contribution < 1.29 is 5.11 Å². The smallest absolute Gasteiger partial charge is 0.328 e. The average Bonchev–Trinajstić information content (AvgIpc) is 2.60. The predicted octanol–water partition coefficient (Wildman–Crippen LogP) is -0.256. The standard InChI is InChI=1S/C8H8N2O3S/c11-3-2-10-7(12)6-5(1-4-14-6)9-8(10)13/h1,4,11H,2-3H2,(H,9,13). The maximum atomic E-state index is 11.6. The minimum Gasteiger partial charge on any atom is -0.395 e. The molecule has 0 fully saturated rings. The lowest BCUT2D eigenvalue weighted by Crippen LogP contribution is -2.35. The molecule has 2 aromatic heterocycles. The van der Waals surface area contributed by atoms with Gasteiger partial charge in [-0.1, -0.05) is 0 Å². The quantitative estimate of drug-likeness (QED) is 0.720. The summed E-state index contributed by atoms with van der Waals surface area (Å²) in [4.78, 5) is 25.6. The summed E-state index contributed by atoms with van der Waals surface area (Å²) in [6.45, 7) is -0.193. The van der Waals surface area contributed by atoms with Crippen molar-refractivity contribution in [2.45, 2.75) is 6.54 Å². The Bertz CT molecular complexity index is 566. The Labute approximate surface area is 82.2 Å². The molecule has 6 heteroatoms. The van der Waals surface area contributed by atoms with E-state index in [0.29, 0.717) is 10.2 Å². The van der Waals surface area contributed by atoms with E-state index >= 15 is 0 Å². The zero-order valence-electron chi connectivity index (χ0n) is 7.19. The number of thiophene rings is 1. The number of hydrogen-bond donors (Lipinski definition) is 2. The largest absolute Gasteiger partial charge is 0.395 e. The minimum absolute atomic E-state index is 0.0298. The number of aliphatic hydroxyl groups excluding tert-OH is 1. The van der Waals surface area contributed by atoms with Gasteiger partial charge in [0.2, 0.25) is 0 Å². The molecule has 14 heavy (non-hydrogen) atoms. The zero-order valence-corrected chi connectivity index (χ0v) is 8.00.